The molecule has 1 fully saturated rings. The maximum absolute atomic E-state index is 6.33. The van der Waals surface area contributed by atoms with Crippen LogP contribution in [0.1, 0.15) is 31.2 Å². The highest BCUT2D eigenvalue weighted by Crippen LogP contribution is 2.32. The summed E-state index contributed by atoms with van der Waals surface area (Å²) in [5.74, 6) is 0.889. The van der Waals surface area contributed by atoms with Crippen molar-refractivity contribution in [2.45, 2.75) is 37.5 Å². The Morgan fingerprint density at radius 3 is 2.40 bits per heavy atom. The van der Waals surface area contributed by atoms with Crippen molar-refractivity contribution in [3.8, 4) is 0 Å². The summed E-state index contributed by atoms with van der Waals surface area (Å²) >= 11 is 12.2. The summed E-state index contributed by atoms with van der Waals surface area (Å²) in [5, 5.41) is 1.08. The zero-order valence-corrected chi connectivity index (χ0v) is 10.3. The number of halogens is 2. The fourth-order valence-corrected chi connectivity index (χ4v) is 2.61. The van der Waals surface area contributed by atoms with Crippen LogP contribution in [0, 0.1) is 5.92 Å². The second-order valence-corrected chi connectivity index (χ2v) is 5.51. The second kappa shape index (κ2) is 5.23. The van der Waals surface area contributed by atoms with E-state index < -0.39 is 0 Å². The highest BCUT2D eigenvalue weighted by atomic mass is 35.5. The minimum atomic E-state index is 0.288. The van der Waals surface area contributed by atoms with Crippen molar-refractivity contribution >= 4 is 23.2 Å². The summed E-state index contributed by atoms with van der Waals surface area (Å²) in [6.07, 6.45) is 6.29. The fourth-order valence-electron chi connectivity index (χ4n) is 2.05. The zero-order chi connectivity index (χ0) is 10.7. The maximum Gasteiger partial charge on any atom is 0.0406 e. The van der Waals surface area contributed by atoms with Gasteiger partial charge in [-0.3, -0.25) is 0 Å². The van der Waals surface area contributed by atoms with E-state index in [4.69, 9.17) is 23.2 Å². The predicted octanol–water partition coefficient (Wildman–Crippen LogP) is 4.68. The van der Waals surface area contributed by atoms with Gasteiger partial charge in [0.15, 0.2) is 0 Å². The van der Waals surface area contributed by atoms with Crippen LogP contribution in [-0.2, 0) is 6.42 Å². The van der Waals surface area contributed by atoms with Gasteiger partial charge >= 0.3 is 0 Å². The molecule has 1 aromatic rings. The van der Waals surface area contributed by atoms with Crippen molar-refractivity contribution in [2.75, 3.05) is 0 Å². The Labute approximate surface area is 102 Å². The molecule has 0 aliphatic heterocycles. The topological polar surface area (TPSA) is 0 Å². The van der Waals surface area contributed by atoms with E-state index in [9.17, 15) is 0 Å². The molecule has 0 bridgehead atoms. The summed E-state index contributed by atoms with van der Waals surface area (Å²) in [6.45, 7) is 0. The third-order valence-electron chi connectivity index (χ3n) is 3.18. The normalized spacial score (nSPS) is 18.5. The molecule has 1 atom stereocenters. The van der Waals surface area contributed by atoms with Gasteiger partial charge in [0.25, 0.3) is 0 Å². The standard InChI is InChI=1S/C13H16Cl2/c14-12-6-4-11(5-7-12)9-13(15)8-10-2-1-3-10/h4-7,10,13H,1-3,8-9H2. The molecule has 15 heavy (non-hydrogen) atoms. The molecule has 0 spiro atoms. The Kier molecular flexibility index (Phi) is 3.93. The second-order valence-electron chi connectivity index (χ2n) is 4.46. The maximum atomic E-state index is 6.33. The molecular weight excluding hydrogens is 227 g/mol. The number of benzene rings is 1. The first-order chi connectivity index (χ1) is 7.24. The van der Waals surface area contributed by atoms with E-state index in [1.54, 1.807) is 0 Å². The first-order valence-electron chi connectivity index (χ1n) is 5.62. The van der Waals surface area contributed by atoms with Crippen LogP contribution >= 0.6 is 23.2 Å². The van der Waals surface area contributed by atoms with Crippen LogP contribution in [0.5, 0.6) is 0 Å². The third-order valence-corrected chi connectivity index (χ3v) is 3.77. The van der Waals surface area contributed by atoms with Gasteiger partial charge in [0, 0.05) is 10.4 Å². The molecule has 2 heteroatoms. The van der Waals surface area contributed by atoms with Gasteiger partial charge in [-0.25, -0.2) is 0 Å². The van der Waals surface area contributed by atoms with Crippen LogP contribution in [0.25, 0.3) is 0 Å². The molecule has 0 saturated heterocycles. The summed E-state index contributed by atoms with van der Waals surface area (Å²) in [5.41, 5.74) is 1.29. The molecule has 82 valence electrons. The van der Waals surface area contributed by atoms with Crippen molar-refractivity contribution in [3.05, 3.63) is 34.9 Å². The van der Waals surface area contributed by atoms with Crippen molar-refractivity contribution in [2.24, 2.45) is 5.92 Å². The zero-order valence-electron chi connectivity index (χ0n) is 8.76. The highest BCUT2D eigenvalue weighted by molar-refractivity contribution is 6.30. The van der Waals surface area contributed by atoms with Gasteiger partial charge in [-0.2, -0.15) is 0 Å². The molecule has 0 N–H and O–H groups in total. The molecule has 1 unspecified atom stereocenters. The lowest BCUT2D eigenvalue weighted by molar-refractivity contribution is 0.292. The Hall–Kier alpha value is -0.200. The van der Waals surface area contributed by atoms with E-state index in [-0.39, 0.29) is 5.38 Å². The molecule has 0 nitrogen and oxygen atoms in total. The van der Waals surface area contributed by atoms with Gasteiger partial charge in [0.05, 0.1) is 0 Å². The highest BCUT2D eigenvalue weighted by Gasteiger charge is 2.20. The number of rotatable bonds is 4. The Balaban J connectivity index is 1.82. The van der Waals surface area contributed by atoms with Gasteiger partial charge in [-0.15, -0.1) is 11.6 Å². The minimum Gasteiger partial charge on any atom is -0.123 e. The SMILES string of the molecule is Clc1ccc(CC(Cl)CC2CCC2)cc1. The van der Waals surface area contributed by atoms with E-state index >= 15 is 0 Å². The minimum absolute atomic E-state index is 0.288. The van der Waals surface area contributed by atoms with Gasteiger partial charge < -0.3 is 0 Å². The van der Waals surface area contributed by atoms with E-state index in [1.807, 2.05) is 12.1 Å². The summed E-state index contributed by atoms with van der Waals surface area (Å²) in [7, 11) is 0. The monoisotopic (exact) mass is 242 g/mol. The lowest BCUT2D eigenvalue weighted by atomic mass is 9.81. The molecule has 0 heterocycles. The quantitative estimate of drug-likeness (QED) is 0.673. The van der Waals surface area contributed by atoms with Gasteiger partial charge in [-0.1, -0.05) is 43.0 Å². The molecule has 0 radical (unpaired) electrons. The molecule has 2 rings (SSSR count). The van der Waals surface area contributed by atoms with Crippen molar-refractivity contribution in [3.63, 3.8) is 0 Å². The predicted molar refractivity (Wildman–Crippen MR) is 66.8 cm³/mol. The summed E-state index contributed by atoms with van der Waals surface area (Å²) in [4.78, 5) is 0. The molecule has 1 aliphatic carbocycles. The van der Waals surface area contributed by atoms with Gasteiger partial charge in [0.1, 0.15) is 0 Å². The summed E-state index contributed by atoms with van der Waals surface area (Å²) < 4.78 is 0. The molecule has 1 aromatic carbocycles. The number of hydrogen-bond acceptors (Lipinski definition) is 0. The molecule has 0 amide bonds. The Bertz CT molecular complexity index is 301. The fraction of sp³-hybridized carbons (Fsp3) is 0.538. The van der Waals surface area contributed by atoms with Crippen LogP contribution < -0.4 is 0 Å². The third kappa shape index (κ3) is 3.39. The van der Waals surface area contributed by atoms with E-state index in [1.165, 1.54) is 31.2 Å². The Morgan fingerprint density at radius 1 is 1.20 bits per heavy atom. The lowest BCUT2D eigenvalue weighted by Gasteiger charge is -2.27. The largest absolute Gasteiger partial charge is 0.123 e. The van der Waals surface area contributed by atoms with Crippen molar-refractivity contribution < 1.29 is 0 Å². The molecule has 0 aromatic heterocycles. The van der Waals surface area contributed by atoms with Crippen LogP contribution in [0.15, 0.2) is 24.3 Å². The molecular formula is C13H16Cl2. The smallest absolute Gasteiger partial charge is 0.0406 e. The van der Waals surface area contributed by atoms with E-state index in [0.717, 1.165) is 17.4 Å². The number of alkyl halides is 1. The van der Waals surface area contributed by atoms with Gasteiger partial charge in [0.2, 0.25) is 0 Å². The molecule has 1 aliphatic rings. The molecule has 1 saturated carbocycles. The van der Waals surface area contributed by atoms with Gasteiger partial charge in [-0.05, 0) is 36.5 Å². The average Bonchev–Trinajstić information content (AvgIpc) is 2.16. The van der Waals surface area contributed by atoms with Crippen molar-refractivity contribution in [1.82, 2.24) is 0 Å². The van der Waals surface area contributed by atoms with Crippen LogP contribution in [0.2, 0.25) is 5.02 Å². The first kappa shape index (κ1) is 11.3. The Morgan fingerprint density at radius 2 is 1.87 bits per heavy atom. The lowest BCUT2D eigenvalue weighted by Crippen LogP contribution is -2.17. The van der Waals surface area contributed by atoms with Crippen LogP contribution in [0.4, 0.5) is 0 Å². The first-order valence-corrected chi connectivity index (χ1v) is 6.44. The van der Waals surface area contributed by atoms with E-state index in [0.29, 0.717) is 0 Å². The van der Waals surface area contributed by atoms with Crippen molar-refractivity contribution in [1.29, 1.82) is 0 Å². The summed E-state index contributed by atoms with van der Waals surface area (Å²) in [6, 6.07) is 8.00. The number of hydrogen-bond donors (Lipinski definition) is 0. The average molecular weight is 243 g/mol. The van der Waals surface area contributed by atoms with Crippen LogP contribution in [0.3, 0.4) is 0 Å². The van der Waals surface area contributed by atoms with Crippen LogP contribution in [-0.4, -0.2) is 5.38 Å². The van der Waals surface area contributed by atoms with E-state index in [2.05, 4.69) is 12.1 Å².